The van der Waals surface area contributed by atoms with Gasteiger partial charge in [0, 0.05) is 36.4 Å². The van der Waals surface area contributed by atoms with Gasteiger partial charge in [-0.15, -0.1) is 11.8 Å². The lowest BCUT2D eigenvalue weighted by molar-refractivity contribution is -0.128. The van der Waals surface area contributed by atoms with Crippen LogP contribution in [0.4, 0.5) is 5.69 Å². The third kappa shape index (κ3) is 4.95. The van der Waals surface area contributed by atoms with Crippen LogP contribution in [0.3, 0.4) is 0 Å². The summed E-state index contributed by atoms with van der Waals surface area (Å²) in [7, 11) is 1.70. The van der Waals surface area contributed by atoms with Gasteiger partial charge in [-0.05, 0) is 29.8 Å². The first-order valence-corrected chi connectivity index (χ1v) is 10.6. The number of halogens is 1. The van der Waals surface area contributed by atoms with Crippen LogP contribution in [0.25, 0.3) is 0 Å². The van der Waals surface area contributed by atoms with E-state index in [0.29, 0.717) is 5.75 Å². The summed E-state index contributed by atoms with van der Waals surface area (Å²) in [6, 6.07) is 16.3. The molecule has 6 heteroatoms. The average molecular weight is 435 g/mol. The van der Waals surface area contributed by atoms with Crippen molar-refractivity contribution in [2.75, 3.05) is 43.9 Å². The summed E-state index contributed by atoms with van der Waals surface area (Å²) in [5.74, 6) is 2.49. The van der Waals surface area contributed by atoms with E-state index >= 15 is 0 Å². The molecule has 1 aliphatic rings. The molecule has 1 heterocycles. The van der Waals surface area contributed by atoms with Crippen LogP contribution in [0.1, 0.15) is 5.56 Å². The number of nitrogens with zero attached hydrogens (tertiary/aromatic N) is 2. The molecule has 0 bridgehead atoms. The molecule has 0 aromatic heterocycles. The summed E-state index contributed by atoms with van der Waals surface area (Å²) in [4.78, 5) is 16.7. The lowest BCUT2D eigenvalue weighted by Gasteiger charge is -2.36. The van der Waals surface area contributed by atoms with Crippen LogP contribution in [0, 0.1) is 0 Å². The van der Waals surface area contributed by atoms with Gasteiger partial charge in [-0.1, -0.05) is 40.2 Å². The summed E-state index contributed by atoms with van der Waals surface area (Å²) < 4.78 is 6.53. The van der Waals surface area contributed by atoms with E-state index in [-0.39, 0.29) is 5.91 Å². The van der Waals surface area contributed by atoms with Gasteiger partial charge >= 0.3 is 0 Å². The highest BCUT2D eigenvalue weighted by Gasteiger charge is 2.22. The second-order valence-electron chi connectivity index (χ2n) is 6.16. The van der Waals surface area contributed by atoms with Crippen molar-refractivity contribution in [3.8, 4) is 5.75 Å². The zero-order chi connectivity index (χ0) is 18.4. The van der Waals surface area contributed by atoms with Crippen LogP contribution in [0.5, 0.6) is 5.75 Å². The molecule has 2 aromatic rings. The summed E-state index contributed by atoms with van der Waals surface area (Å²) in [6.07, 6.45) is 0. The van der Waals surface area contributed by atoms with Gasteiger partial charge in [-0.3, -0.25) is 4.79 Å². The molecule has 0 spiro atoms. The largest absolute Gasteiger partial charge is 0.495 e. The zero-order valence-corrected chi connectivity index (χ0v) is 17.3. The molecule has 1 fully saturated rings. The van der Waals surface area contributed by atoms with Crippen molar-refractivity contribution in [1.29, 1.82) is 0 Å². The van der Waals surface area contributed by atoms with Gasteiger partial charge in [0.05, 0.1) is 18.6 Å². The van der Waals surface area contributed by atoms with E-state index in [2.05, 4.69) is 39.0 Å². The van der Waals surface area contributed by atoms with E-state index in [1.165, 1.54) is 5.56 Å². The van der Waals surface area contributed by atoms with Crippen LogP contribution in [0.2, 0.25) is 0 Å². The molecule has 2 aromatic carbocycles. The highest BCUT2D eigenvalue weighted by Crippen LogP contribution is 2.28. The number of anilines is 1. The van der Waals surface area contributed by atoms with Gasteiger partial charge in [0.25, 0.3) is 0 Å². The number of carbonyl (C=O) groups is 1. The van der Waals surface area contributed by atoms with Crippen LogP contribution < -0.4 is 9.64 Å². The van der Waals surface area contributed by atoms with Crippen LogP contribution in [0.15, 0.2) is 53.0 Å². The van der Waals surface area contributed by atoms with Crippen molar-refractivity contribution in [2.24, 2.45) is 0 Å². The predicted octanol–water partition coefficient (Wildman–Crippen LogP) is 4.04. The molecule has 0 N–H and O–H groups in total. The van der Waals surface area contributed by atoms with Gasteiger partial charge in [-0.25, -0.2) is 0 Å². The molecule has 0 saturated carbocycles. The number of para-hydroxylation sites is 2. The Morgan fingerprint density at radius 3 is 2.62 bits per heavy atom. The van der Waals surface area contributed by atoms with Crippen molar-refractivity contribution in [1.82, 2.24) is 4.90 Å². The fraction of sp³-hybridized carbons (Fsp3) is 0.350. The zero-order valence-electron chi connectivity index (χ0n) is 14.9. The number of carbonyl (C=O) groups excluding carboxylic acids is 1. The standard InChI is InChI=1S/C20H23BrN2O2S/c1-25-19-8-3-2-7-18(19)22-9-11-23(12-10-22)20(24)15-26-14-16-5-4-6-17(21)13-16/h2-8,13H,9-12,14-15H2,1H3. The first-order valence-electron chi connectivity index (χ1n) is 8.65. The Morgan fingerprint density at radius 2 is 1.88 bits per heavy atom. The maximum atomic E-state index is 12.5. The number of rotatable bonds is 6. The summed E-state index contributed by atoms with van der Waals surface area (Å²) >= 11 is 5.16. The lowest BCUT2D eigenvalue weighted by Crippen LogP contribution is -2.49. The van der Waals surface area contributed by atoms with Gasteiger partial charge in [-0.2, -0.15) is 0 Å². The van der Waals surface area contributed by atoms with Crippen molar-refractivity contribution < 1.29 is 9.53 Å². The molecule has 0 radical (unpaired) electrons. The molecule has 0 aliphatic carbocycles. The number of piperazine rings is 1. The predicted molar refractivity (Wildman–Crippen MR) is 112 cm³/mol. The van der Waals surface area contributed by atoms with Gasteiger partial charge in [0.2, 0.25) is 5.91 Å². The van der Waals surface area contributed by atoms with E-state index in [4.69, 9.17) is 4.74 Å². The molecule has 138 valence electrons. The summed E-state index contributed by atoms with van der Waals surface area (Å²) in [5.41, 5.74) is 2.34. The molecule has 4 nitrogen and oxygen atoms in total. The fourth-order valence-electron chi connectivity index (χ4n) is 3.06. The van der Waals surface area contributed by atoms with Crippen LogP contribution >= 0.6 is 27.7 Å². The monoisotopic (exact) mass is 434 g/mol. The van der Waals surface area contributed by atoms with Crippen molar-refractivity contribution in [3.63, 3.8) is 0 Å². The molecular formula is C20H23BrN2O2S. The first kappa shape index (κ1) is 19.1. The van der Waals surface area contributed by atoms with Crippen molar-refractivity contribution in [2.45, 2.75) is 5.75 Å². The van der Waals surface area contributed by atoms with Crippen molar-refractivity contribution >= 4 is 39.3 Å². The molecule has 3 rings (SSSR count). The molecule has 26 heavy (non-hydrogen) atoms. The molecule has 1 aliphatic heterocycles. The molecular weight excluding hydrogens is 412 g/mol. The number of amides is 1. The average Bonchev–Trinajstić information content (AvgIpc) is 2.68. The number of ether oxygens (including phenoxy) is 1. The molecule has 0 atom stereocenters. The number of hydrogen-bond donors (Lipinski definition) is 0. The molecule has 1 saturated heterocycles. The van der Waals surface area contributed by atoms with E-state index in [1.807, 2.05) is 35.2 Å². The van der Waals surface area contributed by atoms with Gasteiger partial charge < -0.3 is 14.5 Å². The van der Waals surface area contributed by atoms with Crippen LogP contribution in [-0.2, 0) is 10.5 Å². The maximum absolute atomic E-state index is 12.5. The Kier molecular flexibility index (Phi) is 6.86. The number of methoxy groups -OCH3 is 1. The van der Waals surface area contributed by atoms with E-state index in [1.54, 1.807) is 18.9 Å². The van der Waals surface area contributed by atoms with Gasteiger partial charge in [0.1, 0.15) is 5.75 Å². The van der Waals surface area contributed by atoms with E-state index < -0.39 is 0 Å². The second kappa shape index (κ2) is 9.33. The maximum Gasteiger partial charge on any atom is 0.232 e. The Hall–Kier alpha value is -1.66. The summed E-state index contributed by atoms with van der Waals surface area (Å²) in [5, 5.41) is 0. The number of thioether (sulfide) groups is 1. The highest BCUT2D eigenvalue weighted by molar-refractivity contribution is 9.10. The summed E-state index contributed by atoms with van der Waals surface area (Å²) in [6.45, 7) is 3.19. The lowest BCUT2D eigenvalue weighted by atomic mass is 10.2. The minimum Gasteiger partial charge on any atom is -0.495 e. The third-order valence-electron chi connectivity index (χ3n) is 4.44. The van der Waals surface area contributed by atoms with E-state index in [0.717, 1.165) is 47.8 Å². The minimum absolute atomic E-state index is 0.227. The SMILES string of the molecule is COc1ccccc1N1CCN(C(=O)CSCc2cccc(Br)c2)CC1. The molecule has 1 amide bonds. The van der Waals surface area contributed by atoms with E-state index in [9.17, 15) is 4.79 Å². The fourth-order valence-corrected chi connectivity index (χ4v) is 4.38. The smallest absolute Gasteiger partial charge is 0.232 e. The van der Waals surface area contributed by atoms with Crippen molar-refractivity contribution in [3.05, 3.63) is 58.6 Å². The molecule has 0 unspecified atom stereocenters. The highest BCUT2D eigenvalue weighted by atomic mass is 79.9. The van der Waals surface area contributed by atoms with Crippen LogP contribution in [-0.4, -0.2) is 49.8 Å². The topological polar surface area (TPSA) is 32.8 Å². The normalized spacial score (nSPS) is 14.4. The number of hydrogen-bond acceptors (Lipinski definition) is 4. The third-order valence-corrected chi connectivity index (χ3v) is 5.92. The quantitative estimate of drug-likeness (QED) is 0.686. The Labute approximate surface area is 167 Å². The Bertz CT molecular complexity index is 748. The van der Waals surface area contributed by atoms with Gasteiger partial charge in [0.15, 0.2) is 0 Å². The second-order valence-corrected chi connectivity index (χ2v) is 8.06. The number of benzene rings is 2. The Balaban J connectivity index is 1.46. The Morgan fingerprint density at radius 1 is 1.12 bits per heavy atom. The first-order chi connectivity index (χ1) is 12.7. The minimum atomic E-state index is 0.227.